The van der Waals surface area contributed by atoms with Crippen LogP contribution < -0.4 is 11.1 Å². The van der Waals surface area contributed by atoms with Crippen LogP contribution in [-0.2, 0) is 0 Å². The zero-order valence-corrected chi connectivity index (χ0v) is 10.7. The number of rotatable bonds is 2. The fraction of sp³-hybridized carbons (Fsp3) is 0.0833. The topological polar surface area (TPSA) is 68.3 Å². The van der Waals surface area contributed by atoms with Gasteiger partial charge in [-0.05, 0) is 37.3 Å². The number of benzene rings is 1. The first-order valence-corrected chi connectivity index (χ1v) is 5.78. The highest BCUT2D eigenvalue weighted by atomic mass is 79.9. The van der Waals surface area contributed by atoms with Gasteiger partial charge in [-0.15, -0.1) is 0 Å². The molecule has 0 spiro atoms. The number of amides is 1. The van der Waals surface area contributed by atoms with Crippen molar-refractivity contribution >= 4 is 33.2 Å². The van der Waals surface area contributed by atoms with Crippen molar-refractivity contribution in [3.63, 3.8) is 0 Å². The van der Waals surface area contributed by atoms with Gasteiger partial charge in [-0.3, -0.25) is 4.79 Å². The summed E-state index contributed by atoms with van der Waals surface area (Å²) in [6, 6.07) is 8.62. The Kier molecular flexibility index (Phi) is 3.19. The van der Waals surface area contributed by atoms with Gasteiger partial charge < -0.3 is 15.5 Å². The summed E-state index contributed by atoms with van der Waals surface area (Å²) < 4.78 is 6.08. The van der Waals surface area contributed by atoms with Gasteiger partial charge in [0.15, 0.2) is 5.76 Å². The first-order valence-electron chi connectivity index (χ1n) is 4.99. The first kappa shape index (κ1) is 11.7. The van der Waals surface area contributed by atoms with E-state index >= 15 is 0 Å². The van der Waals surface area contributed by atoms with Crippen molar-refractivity contribution in [3.8, 4) is 0 Å². The molecule has 1 amide bonds. The molecule has 5 heteroatoms. The summed E-state index contributed by atoms with van der Waals surface area (Å²) in [4.78, 5) is 11.8. The van der Waals surface area contributed by atoms with E-state index in [1.165, 1.54) is 0 Å². The van der Waals surface area contributed by atoms with Crippen LogP contribution in [0.4, 0.5) is 11.4 Å². The van der Waals surface area contributed by atoms with Crippen LogP contribution in [0.25, 0.3) is 0 Å². The Morgan fingerprint density at radius 3 is 2.71 bits per heavy atom. The van der Waals surface area contributed by atoms with Gasteiger partial charge in [0.2, 0.25) is 0 Å². The lowest BCUT2D eigenvalue weighted by atomic mass is 10.2. The fourth-order valence-corrected chi connectivity index (χ4v) is 1.77. The highest BCUT2D eigenvalue weighted by molar-refractivity contribution is 9.10. The molecule has 2 rings (SSSR count). The molecule has 1 aromatic carbocycles. The van der Waals surface area contributed by atoms with Gasteiger partial charge in [-0.25, -0.2) is 0 Å². The second-order valence-corrected chi connectivity index (χ2v) is 4.51. The minimum Gasteiger partial charge on any atom is -0.456 e. The van der Waals surface area contributed by atoms with Crippen molar-refractivity contribution < 1.29 is 9.21 Å². The maximum atomic E-state index is 11.8. The molecule has 0 fully saturated rings. The van der Waals surface area contributed by atoms with Crippen molar-refractivity contribution in [1.82, 2.24) is 0 Å². The summed E-state index contributed by atoms with van der Waals surface area (Å²) in [5, 5.41) is 2.69. The summed E-state index contributed by atoms with van der Waals surface area (Å²) in [6.07, 6.45) is 0. The average molecular weight is 295 g/mol. The molecule has 4 nitrogen and oxygen atoms in total. The van der Waals surface area contributed by atoms with Gasteiger partial charge in [-0.1, -0.05) is 15.9 Å². The maximum absolute atomic E-state index is 11.8. The van der Waals surface area contributed by atoms with Gasteiger partial charge in [-0.2, -0.15) is 0 Å². The van der Waals surface area contributed by atoms with E-state index in [1.807, 2.05) is 0 Å². The zero-order valence-electron chi connectivity index (χ0n) is 9.16. The molecule has 0 saturated heterocycles. The highest BCUT2D eigenvalue weighted by Gasteiger charge is 2.11. The van der Waals surface area contributed by atoms with Crippen LogP contribution in [-0.4, -0.2) is 5.91 Å². The lowest BCUT2D eigenvalue weighted by molar-refractivity contribution is 0.0995. The Bertz CT molecular complexity index is 563. The third-order valence-electron chi connectivity index (χ3n) is 2.23. The number of carbonyl (C=O) groups is 1. The van der Waals surface area contributed by atoms with Crippen molar-refractivity contribution in [3.05, 3.63) is 46.3 Å². The first-order chi connectivity index (χ1) is 8.06. The molecule has 1 aromatic heterocycles. The number of carbonyl (C=O) groups excluding carboxylic acids is 1. The lowest BCUT2D eigenvalue weighted by Gasteiger charge is -2.06. The van der Waals surface area contributed by atoms with E-state index in [4.69, 9.17) is 10.2 Å². The molecular weight excluding hydrogens is 284 g/mol. The largest absolute Gasteiger partial charge is 0.456 e. The van der Waals surface area contributed by atoms with Crippen LogP contribution in [0, 0.1) is 6.92 Å². The van der Waals surface area contributed by atoms with E-state index in [0.29, 0.717) is 17.1 Å². The van der Waals surface area contributed by atoms with Crippen molar-refractivity contribution in [2.24, 2.45) is 0 Å². The number of aryl methyl sites for hydroxylation is 1. The maximum Gasteiger partial charge on any atom is 0.291 e. The number of nitrogens with two attached hydrogens (primary N) is 1. The third kappa shape index (κ3) is 2.68. The molecule has 0 aliphatic carbocycles. The number of anilines is 2. The molecule has 0 atom stereocenters. The van der Waals surface area contributed by atoms with Crippen molar-refractivity contribution in [2.75, 3.05) is 11.1 Å². The highest BCUT2D eigenvalue weighted by Crippen LogP contribution is 2.23. The Morgan fingerprint density at radius 1 is 1.35 bits per heavy atom. The van der Waals surface area contributed by atoms with Crippen LogP contribution >= 0.6 is 15.9 Å². The number of hydrogen-bond donors (Lipinski definition) is 2. The third-order valence-corrected chi connectivity index (χ3v) is 2.72. The predicted molar refractivity (Wildman–Crippen MR) is 70.0 cm³/mol. The molecule has 17 heavy (non-hydrogen) atoms. The van der Waals surface area contributed by atoms with Gasteiger partial charge in [0, 0.05) is 4.47 Å². The number of halogens is 1. The van der Waals surface area contributed by atoms with Crippen molar-refractivity contribution in [2.45, 2.75) is 6.92 Å². The van der Waals surface area contributed by atoms with Gasteiger partial charge in [0.25, 0.3) is 5.91 Å². The summed E-state index contributed by atoms with van der Waals surface area (Å²) in [5.74, 6) is 0.649. The number of nitrogens with one attached hydrogen (secondary N) is 1. The molecule has 3 N–H and O–H groups in total. The Balaban J connectivity index is 2.18. The molecule has 2 aromatic rings. The van der Waals surface area contributed by atoms with E-state index in [9.17, 15) is 4.79 Å². The van der Waals surface area contributed by atoms with Crippen LogP contribution in [0.15, 0.2) is 39.2 Å². The van der Waals surface area contributed by atoms with Gasteiger partial charge in [0.1, 0.15) is 5.76 Å². The molecule has 88 valence electrons. The van der Waals surface area contributed by atoms with Gasteiger partial charge >= 0.3 is 0 Å². The number of hydrogen-bond acceptors (Lipinski definition) is 3. The van der Waals surface area contributed by atoms with E-state index in [-0.39, 0.29) is 11.7 Å². The smallest absolute Gasteiger partial charge is 0.291 e. The standard InChI is InChI=1S/C12H11BrN2O2/c1-7-2-5-11(17-7)12(16)15-10-4-3-8(13)6-9(10)14/h2-6H,14H2,1H3,(H,15,16). The summed E-state index contributed by atoms with van der Waals surface area (Å²) in [7, 11) is 0. The monoisotopic (exact) mass is 294 g/mol. The Morgan fingerprint density at radius 2 is 2.12 bits per heavy atom. The second-order valence-electron chi connectivity index (χ2n) is 3.60. The van der Waals surface area contributed by atoms with Crippen LogP contribution in [0.1, 0.15) is 16.3 Å². The summed E-state index contributed by atoms with van der Waals surface area (Å²) >= 11 is 3.30. The van der Waals surface area contributed by atoms with Crippen LogP contribution in [0.5, 0.6) is 0 Å². The van der Waals surface area contributed by atoms with E-state index < -0.39 is 0 Å². The molecule has 0 aliphatic rings. The van der Waals surface area contributed by atoms with Crippen LogP contribution in [0.2, 0.25) is 0 Å². The Labute approximate surface area is 107 Å². The molecule has 0 unspecified atom stereocenters. The zero-order chi connectivity index (χ0) is 12.4. The second kappa shape index (κ2) is 4.63. The normalized spacial score (nSPS) is 10.2. The SMILES string of the molecule is Cc1ccc(C(=O)Nc2ccc(Br)cc2N)o1. The number of nitrogen functional groups attached to an aromatic ring is 1. The Hall–Kier alpha value is -1.75. The predicted octanol–water partition coefficient (Wildman–Crippen LogP) is 3.19. The minimum absolute atomic E-state index is 0.268. The molecular formula is C12H11BrN2O2. The van der Waals surface area contributed by atoms with E-state index in [2.05, 4.69) is 21.2 Å². The lowest BCUT2D eigenvalue weighted by Crippen LogP contribution is -2.12. The molecule has 0 radical (unpaired) electrons. The van der Waals surface area contributed by atoms with Gasteiger partial charge in [0.05, 0.1) is 11.4 Å². The molecule has 0 aliphatic heterocycles. The van der Waals surface area contributed by atoms with E-state index in [0.717, 1.165) is 4.47 Å². The summed E-state index contributed by atoms with van der Waals surface area (Å²) in [6.45, 7) is 1.78. The molecule has 0 bridgehead atoms. The molecule has 1 heterocycles. The van der Waals surface area contributed by atoms with Crippen LogP contribution in [0.3, 0.4) is 0 Å². The molecule has 0 saturated carbocycles. The minimum atomic E-state index is -0.313. The van der Waals surface area contributed by atoms with Crippen molar-refractivity contribution in [1.29, 1.82) is 0 Å². The van der Waals surface area contributed by atoms with E-state index in [1.54, 1.807) is 37.3 Å². The number of furan rings is 1. The summed E-state index contributed by atoms with van der Waals surface area (Å²) in [5.41, 5.74) is 6.84. The average Bonchev–Trinajstić information content (AvgIpc) is 2.69. The fourth-order valence-electron chi connectivity index (χ4n) is 1.39. The quantitative estimate of drug-likeness (QED) is 0.836.